The molecule has 136 valence electrons. The lowest BCUT2D eigenvalue weighted by molar-refractivity contribution is -0.150. The van der Waals surface area contributed by atoms with Crippen LogP contribution in [0.2, 0.25) is 0 Å². The van der Waals surface area contributed by atoms with E-state index in [1.807, 2.05) is 0 Å². The minimum Gasteiger partial charge on any atom is -0.474 e. The van der Waals surface area contributed by atoms with Gasteiger partial charge in [-0.3, -0.25) is 9.59 Å². The predicted molar refractivity (Wildman–Crippen MR) is 88.0 cm³/mol. The van der Waals surface area contributed by atoms with E-state index in [0.717, 1.165) is 32.8 Å². The second kappa shape index (κ2) is 8.46. The number of anilines is 1. The van der Waals surface area contributed by atoms with Crippen LogP contribution in [0.5, 0.6) is 5.88 Å². The molecule has 1 heterocycles. The van der Waals surface area contributed by atoms with Crippen molar-refractivity contribution < 1.29 is 28.6 Å². The third kappa shape index (κ3) is 4.91. The highest BCUT2D eigenvalue weighted by Gasteiger charge is 2.28. The normalized spacial score (nSPS) is 19.6. The van der Waals surface area contributed by atoms with Crippen molar-refractivity contribution in [3.8, 4) is 5.88 Å². The molecule has 0 radical (unpaired) electrons. The molecule has 0 saturated heterocycles. The van der Waals surface area contributed by atoms with Gasteiger partial charge in [0.25, 0.3) is 0 Å². The van der Waals surface area contributed by atoms with Crippen molar-refractivity contribution in [1.82, 2.24) is 4.98 Å². The maximum absolute atomic E-state index is 11.5. The number of nitrogens with zero attached hydrogens (tertiary/aromatic N) is 1. The molecule has 1 saturated carbocycles. The van der Waals surface area contributed by atoms with Gasteiger partial charge in [0.15, 0.2) is 0 Å². The number of nitrogens with one attached hydrogen (secondary N) is 1. The van der Waals surface area contributed by atoms with Gasteiger partial charge in [-0.05, 0) is 38.7 Å². The Bertz CT molecular complexity index is 653. The van der Waals surface area contributed by atoms with E-state index >= 15 is 0 Å². The summed E-state index contributed by atoms with van der Waals surface area (Å²) < 4.78 is 15.0. The van der Waals surface area contributed by atoms with E-state index in [1.54, 1.807) is 19.1 Å². The highest BCUT2D eigenvalue weighted by molar-refractivity contribution is 6.37. The number of ether oxygens (including phenoxy) is 3. The first-order valence-corrected chi connectivity index (χ1v) is 8.06. The average molecular weight is 350 g/mol. The minimum absolute atomic E-state index is 0.0108. The molecular weight excluding hydrogens is 328 g/mol. The second-order valence-corrected chi connectivity index (χ2v) is 5.84. The molecule has 0 aliphatic heterocycles. The Labute approximate surface area is 145 Å². The Kier molecular flexibility index (Phi) is 6.32. The van der Waals surface area contributed by atoms with Crippen LogP contribution in [0.15, 0.2) is 12.1 Å². The Morgan fingerprint density at radius 3 is 2.32 bits per heavy atom. The van der Waals surface area contributed by atoms with Crippen molar-refractivity contribution in [2.24, 2.45) is 5.92 Å². The van der Waals surface area contributed by atoms with Gasteiger partial charge in [0.05, 0.1) is 31.5 Å². The second-order valence-electron chi connectivity index (χ2n) is 5.84. The Morgan fingerprint density at radius 2 is 1.76 bits per heavy atom. The van der Waals surface area contributed by atoms with Gasteiger partial charge < -0.3 is 19.5 Å². The number of hydrogen-bond acceptors (Lipinski definition) is 7. The van der Waals surface area contributed by atoms with Gasteiger partial charge in [-0.1, -0.05) is 0 Å². The van der Waals surface area contributed by atoms with Crippen LogP contribution in [0.1, 0.15) is 31.4 Å². The van der Waals surface area contributed by atoms with Crippen molar-refractivity contribution in [2.75, 3.05) is 19.5 Å². The van der Waals surface area contributed by atoms with Gasteiger partial charge in [0.2, 0.25) is 5.88 Å². The summed E-state index contributed by atoms with van der Waals surface area (Å²) in [6, 6.07) is 3.25. The van der Waals surface area contributed by atoms with E-state index in [-0.39, 0.29) is 18.0 Å². The molecule has 8 heteroatoms. The first-order valence-electron chi connectivity index (χ1n) is 8.06. The molecule has 0 unspecified atom stereocenters. The molecular formula is C17H22N2O6. The SMILES string of the molecule is COC(=O)C(=O)Nc1ccc(OC2CCC(C(=O)OC)CC2)nc1C. The van der Waals surface area contributed by atoms with Crippen LogP contribution < -0.4 is 10.1 Å². The maximum Gasteiger partial charge on any atom is 0.396 e. The van der Waals surface area contributed by atoms with Crippen LogP contribution in [0.25, 0.3) is 0 Å². The van der Waals surface area contributed by atoms with Crippen LogP contribution in [-0.2, 0) is 23.9 Å². The van der Waals surface area contributed by atoms with Gasteiger partial charge in [-0.15, -0.1) is 0 Å². The molecule has 1 N–H and O–H groups in total. The van der Waals surface area contributed by atoms with Gasteiger partial charge in [0.1, 0.15) is 6.10 Å². The Hall–Kier alpha value is -2.64. The number of methoxy groups -OCH3 is 2. The molecule has 1 aliphatic carbocycles. The molecule has 8 nitrogen and oxygen atoms in total. The quantitative estimate of drug-likeness (QED) is 0.650. The number of carbonyl (C=O) groups is 3. The number of carbonyl (C=O) groups excluding carboxylic acids is 3. The highest BCUT2D eigenvalue weighted by atomic mass is 16.5. The third-order valence-corrected chi connectivity index (χ3v) is 4.18. The number of pyridine rings is 1. The zero-order valence-corrected chi connectivity index (χ0v) is 14.5. The molecule has 0 spiro atoms. The molecule has 2 rings (SSSR count). The van der Waals surface area contributed by atoms with Gasteiger partial charge in [-0.2, -0.15) is 0 Å². The number of aryl methyl sites for hydroxylation is 1. The summed E-state index contributed by atoms with van der Waals surface area (Å²) >= 11 is 0. The fourth-order valence-electron chi connectivity index (χ4n) is 2.76. The molecule has 1 fully saturated rings. The highest BCUT2D eigenvalue weighted by Crippen LogP contribution is 2.28. The zero-order chi connectivity index (χ0) is 18.4. The molecule has 0 atom stereocenters. The van der Waals surface area contributed by atoms with E-state index in [9.17, 15) is 14.4 Å². The molecule has 1 aromatic heterocycles. The van der Waals surface area contributed by atoms with E-state index in [2.05, 4.69) is 15.0 Å². The van der Waals surface area contributed by atoms with Gasteiger partial charge in [-0.25, -0.2) is 9.78 Å². The predicted octanol–water partition coefficient (Wildman–Crippen LogP) is 1.61. The fraction of sp³-hybridized carbons (Fsp3) is 0.529. The smallest absolute Gasteiger partial charge is 0.396 e. The number of rotatable bonds is 4. The number of hydrogen-bond donors (Lipinski definition) is 1. The fourth-order valence-corrected chi connectivity index (χ4v) is 2.76. The molecule has 1 amide bonds. The average Bonchev–Trinajstić information content (AvgIpc) is 2.63. The van der Waals surface area contributed by atoms with Crippen molar-refractivity contribution in [3.05, 3.63) is 17.8 Å². The Morgan fingerprint density at radius 1 is 1.08 bits per heavy atom. The molecule has 0 bridgehead atoms. The Balaban J connectivity index is 1.92. The standard InChI is InChI=1S/C17H22N2O6/c1-10-13(19-15(20)17(22)24-3)8-9-14(18-10)25-12-6-4-11(5-7-12)16(21)23-2/h8-9,11-12H,4-7H2,1-3H3,(H,19,20). The minimum atomic E-state index is -0.970. The maximum atomic E-state index is 11.5. The summed E-state index contributed by atoms with van der Waals surface area (Å²) in [5, 5.41) is 2.43. The lowest BCUT2D eigenvalue weighted by Gasteiger charge is -2.27. The molecule has 25 heavy (non-hydrogen) atoms. The van der Waals surface area contributed by atoms with Gasteiger partial charge in [0, 0.05) is 6.07 Å². The first kappa shape index (κ1) is 18.7. The van der Waals surface area contributed by atoms with Gasteiger partial charge >= 0.3 is 17.8 Å². The van der Waals surface area contributed by atoms with Crippen molar-refractivity contribution in [2.45, 2.75) is 38.7 Å². The molecule has 1 aromatic rings. The summed E-state index contributed by atoms with van der Waals surface area (Å²) in [5.74, 6) is -1.62. The summed E-state index contributed by atoms with van der Waals surface area (Å²) in [6.07, 6.45) is 2.94. The van der Waals surface area contributed by atoms with Crippen LogP contribution >= 0.6 is 0 Å². The summed E-state index contributed by atoms with van der Waals surface area (Å²) in [7, 11) is 2.54. The summed E-state index contributed by atoms with van der Waals surface area (Å²) in [5.41, 5.74) is 0.940. The topological polar surface area (TPSA) is 104 Å². The lowest BCUT2D eigenvalue weighted by Crippen LogP contribution is -2.29. The lowest BCUT2D eigenvalue weighted by atomic mass is 9.87. The first-order chi connectivity index (χ1) is 11.9. The van der Waals surface area contributed by atoms with Crippen molar-refractivity contribution in [3.63, 3.8) is 0 Å². The van der Waals surface area contributed by atoms with Crippen LogP contribution in [-0.4, -0.2) is 43.2 Å². The van der Waals surface area contributed by atoms with Crippen LogP contribution in [0, 0.1) is 12.8 Å². The zero-order valence-electron chi connectivity index (χ0n) is 14.5. The third-order valence-electron chi connectivity index (χ3n) is 4.18. The van der Waals surface area contributed by atoms with E-state index < -0.39 is 11.9 Å². The number of aromatic nitrogens is 1. The molecule has 1 aliphatic rings. The number of amides is 1. The van der Waals surface area contributed by atoms with Crippen molar-refractivity contribution in [1.29, 1.82) is 0 Å². The number of esters is 2. The summed E-state index contributed by atoms with van der Waals surface area (Å²) in [4.78, 5) is 38.5. The molecule has 0 aromatic carbocycles. The van der Waals surface area contributed by atoms with E-state index in [0.29, 0.717) is 17.3 Å². The van der Waals surface area contributed by atoms with Crippen LogP contribution in [0.3, 0.4) is 0 Å². The van der Waals surface area contributed by atoms with E-state index in [1.165, 1.54) is 7.11 Å². The van der Waals surface area contributed by atoms with E-state index in [4.69, 9.17) is 9.47 Å². The monoisotopic (exact) mass is 350 g/mol. The largest absolute Gasteiger partial charge is 0.474 e. The van der Waals surface area contributed by atoms with Crippen molar-refractivity contribution >= 4 is 23.5 Å². The van der Waals surface area contributed by atoms with Crippen LogP contribution in [0.4, 0.5) is 5.69 Å². The summed E-state index contributed by atoms with van der Waals surface area (Å²) in [6.45, 7) is 1.70.